The molecule has 4 aromatic rings. The zero-order valence-electron chi connectivity index (χ0n) is 19.5. The lowest BCUT2D eigenvalue weighted by atomic mass is 10.1. The normalized spacial score (nSPS) is 14.6. The highest BCUT2D eigenvalue weighted by Gasteiger charge is 2.16. The van der Waals surface area contributed by atoms with Crippen molar-refractivity contribution in [2.75, 3.05) is 25.4 Å². The molecular weight excluding hydrogens is 444 g/mol. The van der Waals surface area contributed by atoms with Crippen LogP contribution in [0.15, 0.2) is 53.7 Å². The van der Waals surface area contributed by atoms with Crippen LogP contribution in [0.5, 0.6) is 0 Å². The number of likely N-dealkylation sites (tertiary alicyclic amines) is 1. The van der Waals surface area contributed by atoms with Crippen molar-refractivity contribution in [1.82, 2.24) is 29.8 Å². The maximum absolute atomic E-state index is 12.5. The molecule has 5 rings (SSSR count). The molecule has 2 aromatic carbocycles. The molecule has 0 aliphatic carbocycles. The Bertz CT molecular complexity index is 1280. The quantitative estimate of drug-likeness (QED) is 0.307. The van der Waals surface area contributed by atoms with E-state index in [1.54, 1.807) is 0 Å². The molecule has 0 saturated carbocycles. The van der Waals surface area contributed by atoms with Crippen molar-refractivity contribution in [3.05, 3.63) is 65.5 Å². The van der Waals surface area contributed by atoms with E-state index < -0.39 is 0 Å². The van der Waals surface area contributed by atoms with Crippen LogP contribution in [0.25, 0.3) is 16.6 Å². The molecule has 0 radical (unpaired) electrons. The number of carbonyl (C=O) groups is 1. The molecule has 1 aliphatic heterocycles. The van der Waals surface area contributed by atoms with Gasteiger partial charge in [-0.05, 0) is 50.6 Å². The Hall–Kier alpha value is -2.97. The zero-order chi connectivity index (χ0) is 23.3. The van der Waals surface area contributed by atoms with Crippen molar-refractivity contribution in [3.8, 4) is 0 Å². The molecule has 176 valence electrons. The largest absolute Gasteiger partial charge is 0.351 e. The summed E-state index contributed by atoms with van der Waals surface area (Å²) < 4.78 is 1.81. The van der Waals surface area contributed by atoms with Crippen LogP contribution in [-0.4, -0.2) is 55.8 Å². The van der Waals surface area contributed by atoms with Crippen LogP contribution < -0.4 is 5.32 Å². The highest BCUT2D eigenvalue weighted by atomic mass is 32.2. The number of carbonyl (C=O) groups excluding carboxylic acids is 1. The Morgan fingerprint density at radius 1 is 1.03 bits per heavy atom. The predicted molar refractivity (Wildman–Crippen MR) is 136 cm³/mol. The minimum absolute atomic E-state index is 0.0286. The van der Waals surface area contributed by atoms with Gasteiger partial charge in [-0.15, -0.1) is 5.10 Å². The van der Waals surface area contributed by atoms with Crippen molar-refractivity contribution in [2.24, 2.45) is 0 Å². The van der Waals surface area contributed by atoms with Gasteiger partial charge < -0.3 is 10.2 Å². The number of amides is 1. The molecule has 2 aromatic heterocycles. The highest BCUT2D eigenvalue weighted by molar-refractivity contribution is 7.99. The van der Waals surface area contributed by atoms with E-state index >= 15 is 0 Å². The molecule has 1 aliphatic rings. The fourth-order valence-electron chi connectivity index (χ4n) is 4.30. The maximum atomic E-state index is 12.5. The first-order valence-electron chi connectivity index (χ1n) is 12.0. The Labute approximate surface area is 204 Å². The van der Waals surface area contributed by atoms with Crippen molar-refractivity contribution in [1.29, 1.82) is 0 Å². The molecule has 0 spiro atoms. The third-order valence-corrected chi connectivity index (χ3v) is 7.17. The summed E-state index contributed by atoms with van der Waals surface area (Å²) in [7, 11) is 0. The van der Waals surface area contributed by atoms with E-state index in [9.17, 15) is 4.79 Å². The van der Waals surface area contributed by atoms with Gasteiger partial charge >= 0.3 is 0 Å². The van der Waals surface area contributed by atoms with Gasteiger partial charge in [-0.1, -0.05) is 60.1 Å². The van der Waals surface area contributed by atoms with E-state index in [0.717, 1.165) is 54.0 Å². The number of benzene rings is 2. The molecule has 1 N–H and O–H groups in total. The van der Waals surface area contributed by atoms with Gasteiger partial charge in [-0.2, -0.15) is 4.52 Å². The summed E-state index contributed by atoms with van der Waals surface area (Å²) in [6, 6.07) is 16.2. The molecule has 0 bridgehead atoms. The number of hydrogen-bond acceptors (Lipinski definition) is 6. The van der Waals surface area contributed by atoms with Crippen LogP contribution in [0.2, 0.25) is 0 Å². The van der Waals surface area contributed by atoms with Crippen molar-refractivity contribution in [2.45, 2.75) is 44.3 Å². The lowest BCUT2D eigenvalue weighted by molar-refractivity contribution is -0.118. The second-order valence-electron chi connectivity index (χ2n) is 8.88. The van der Waals surface area contributed by atoms with E-state index in [0.29, 0.717) is 11.7 Å². The summed E-state index contributed by atoms with van der Waals surface area (Å²) in [5.41, 5.74) is 3.97. The lowest BCUT2D eigenvalue weighted by Crippen LogP contribution is -2.31. The number of fused-ring (bicyclic) bond motifs is 3. The van der Waals surface area contributed by atoms with Crippen LogP contribution in [0, 0.1) is 6.92 Å². The molecular formula is C26H30N6OS. The van der Waals surface area contributed by atoms with Crippen molar-refractivity contribution < 1.29 is 4.79 Å². The topological polar surface area (TPSA) is 75.4 Å². The molecule has 0 unspecified atom stereocenters. The molecule has 1 amide bonds. The monoisotopic (exact) mass is 474 g/mol. The van der Waals surface area contributed by atoms with Crippen LogP contribution in [0.1, 0.15) is 36.2 Å². The van der Waals surface area contributed by atoms with Gasteiger partial charge in [0.1, 0.15) is 0 Å². The van der Waals surface area contributed by atoms with Crippen LogP contribution >= 0.6 is 11.8 Å². The first-order valence-corrected chi connectivity index (χ1v) is 13.0. The first kappa shape index (κ1) is 22.8. The van der Waals surface area contributed by atoms with Crippen LogP contribution in [0.3, 0.4) is 0 Å². The number of aryl methyl sites for hydroxylation is 1. The van der Waals surface area contributed by atoms with E-state index in [1.165, 1.54) is 36.6 Å². The zero-order valence-corrected chi connectivity index (χ0v) is 20.4. The van der Waals surface area contributed by atoms with Gasteiger partial charge in [0.15, 0.2) is 16.6 Å². The second-order valence-corrected chi connectivity index (χ2v) is 9.82. The minimum Gasteiger partial charge on any atom is -0.351 e. The molecule has 8 heteroatoms. The van der Waals surface area contributed by atoms with Gasteiger partial charge in [0.05, 0.1) is 11.3 Å². The molecule has 1 fully saturated rings. The number of hydrogen-bond donors (Lipinski definition) is 1. The fourth-order valence-corrected chi connectivity index (χ4v) is 5.08. The number of nitrogens with zero attached hydrogens (tertiary/aromatic N) is 5. The molecule has 0 atom stereocenters. The fraction of sp³-hybridized carbons (Fsp3) is 0.385. The van der Waals surface area contributed by atoms with E-state index in [2.05, 4.69) is 29.3 Å². The average Bonchev–Trinajstić information content (AvgIpc) is 3.31. The van der Waals surface area contributed by atoms with Crippen molar-refractivity contribution in [3.63, 3.8) is 0 Å². The second kappa shape index (κ2) is 10.5. The standard InChI is InChI=1S/C26H30N6OS/c1-19-9-11-20(12-10-19)17-27-24(33)18-34-26-28-22-8-4-3-7-21(22)25-29-23(30-32(25)26)13-16-31-14-5-2-6-15-31/h3-4,7-12H,2,5-6,13-18H2,1H3,(H,27,33). The molecule has 7 nitrogen and oxygen atoms in total. The molecule has 3 heterocycles. The van der Waals surface area contributed by atoms with Gasteiger partial charge in [-0.3, -0.25) is 4.79 Å². The summed E-state index contributed by atoms with van der Waals surface area (Å²) in [6.45, 7) is 5.88. The minimum atomic E-state index is -0.0286. The Kier molecular flexibility index (Phi) is 7.06. The smallest absolute Gasteiger partial charge is 0.230 e. The average molecular weight is 475 g/mol. The first-order chi connectivity index (χ1) is 16.7. The van der Waals surface area contributed by atoms with Gasteiger partial charge in [0.2, 0.25) is 5.91 Å². The number of thioether (sulfide) groups is 1. The third kappa shape index (κ3) is 5.39. The summed E-state index contributed by atoms with van der Waals surface area (Å²) in [6.07, 6.45) is 4.71. The maximum Gasteiger partial charge on any atom is 0.230 e. The molecule has 1 saturated heterocycles. The number of nitrogens with one attached hydrogen (secondary N) is 1. The third-order valence-electron chi connectivity index (χ3n) is 6.24. The number of piperidine rings is 1. The number of aromatic nitrogens is 4. The predicted octanol–water partition coefficient (Wildman–Crippen LogP) is 4.02. The lowest BCUT2D eigenvalue weighted by Gasteiger charge is -2.25. The van der Waals surface area contributed by atoms with E-state index in [4.69, 9.17) is 15.1 Å². The Morgan fingerprint density at radius 2 is 1.82 bits per heavy atom. The van der Waals surface area contributed by atoms with E-state index in [1.807, 2.05) is 40.9 Å². The van der Waals surface area contributed by atoms with Crippen LogP contribution in [-0.2, 0) is 17.8 Å². The SMILES string of the molecule is Cc1ccc(CNC(=O)CSc2nc3ccccc3c3nc(CCN4CCCCC4)nn23)cc1. The van der Waals surface area contributed by atoms with Crippen molar-refractivity contribution >= 4 is 34.2 Å². The van der Waals surface area contributed by atoms with Gasteiger partial charge in [0, 0.05) is 24.9 Å². The Balaban J connectivity index is 1.30. The van der Waals surface area contributed by atoms with Crippen LogP contribution in [0.4, 0.5) is 0 Å². The summed E-state index contributed by atoms with van der Waals surface area (Å²) in [5.74, 6) is 1.07. The summed E-state index contributed by atoms with van der Waals surface area (Å²) in [5, 5.41) is 9.46. The summed E-state index contributed by atoms with van der Waals surface area (Å²) >= 11 is 1.40. The highest BCUT2D eigenvalue weighted by Crippen LogP contribution is 2.24. The Morgan fingerprint density at radius 3 is 2.65 bits per heavy atom. The van der Waals surface area contributed by atoms with Gasteiger partial charge in [0.25, 0.3) is 0 Å². The summed E-state index contributed by atoms with van der Waals surface area (Å²) in [4.78, 5) is 24.7. The number of para-hydroxylation sites is 1. The number of rotatable bonds is 8. The van der Waals surface area contributed by atoms with E-state index in [-0.39, 0.29) is 11.7 Å². The molecule has 34 heavy (non-hydrogen) atoms. The van der Waals surface area contributed by atoms with Gasteiger partial charge in [-0.25, -0.2) is 9.97 Å².